The minimum absolute atomic E-state index is 0.432. The molecule has 0 N–H and O–H groups in total. The van der Waals surface area contributed by atoms with Crippen molar-refractivity contribution in [2.75, 3.05) is 4.90 Å². The molecule has 1 heterocycles. The lowest BCUT2D eigenvalue weighted by atomic mass is 9.70. The summed E-state index contributed by atoms with van der Waals surface area (Å²) in [5.41, 5.74) is 16.1. The van der Waals surface area contributed by atoms with Crippen molar-refractivity contribution in [3.63, 3.8) is 0 Å². The van der Waals surface area contributed by atoms with Crippen LogP contribution in [0.4, 0.5) is 17.1 Å². The van der Waals surface area contributed by atoms with Crippen LogP contribution in [-0.2, 0) is 5.41 Å². The number of thiophene rings is 1. The molecule has 1 aromatic heterocycles. The van der Waals surface area contributed by atoms with Crippen LogP contribution in [0.1, 0.15) is 22.3 Å². The van der Waals surface area contributed by atoms with Gasteiger partial charge in [-0.15, -0.1) is 11.3 Å². The van der Waals surface area contributed by atoms with Gasteiger partial charge in [0.15, 0.2) is 0 Å². The van der Waals surface area contributed by atoms with E-state index < -0.39 is 5.41 Å². The summed E-state index contributed by atoms with van der Waals surface area (Å²) in [6.07, 6.45) is 0. The van der Waals surface area contributed by atoms with Gasteiger partial charge in [-0.2, -0.15) is 0 Å². The summed E-state index contributed by atoms with van der Waals surface area (Å²) in [6.45, 7) is 0. The summed E-state index contributed by atoms with van der Waals surface area (Å²) in [6, 6.07) is 79.3. The van der Waals surface area contributed by atoms with Crippen molar-refractivity contribution >= 4 is 70.1 Å². The van der Waals surface area contributed by atoms with Gasteiger partial charge in [-0.3, -0.25) is 0 Å². The van der Waals surface area contributed by atoms with E-state index in [2.05, 4.69) is 217 Å². The van der Waals surface area contributed by atoms with Crippen molar-refractivity contribution < 1.29 is 0 Å². The predicted octanol–water partition coefficient (Wildman–Crippen LogP) is 15.8. The fourth-order valence-corrected chi connectivity index (χ4v) is 11.9. The second kappa shape index (κ2) is 12.4. The monoisotopic (exact) mass is 765 g/mol. The zero-order valence-electron chi connectivity index (χ0n) is 32.1. The van der Waals surface area contributed by atoms with Crippen LogP contribution in [0, 0.1) is 0 Å². The highest BCUT2D eigenvalue weighted by atomic mass is 32.1. The quantitative estimate of drug-likeness (QED) is 0.161. The fraction of sp³-hybridized carbons (Fsp3) is 0.0175. The Morgan fingerprint density at radius 2 is 0.898 bits per heavy atom. The van der Waals surface area contributed by atoms with E-state index in [1.807, 2.05) is 11.3 Å². The van der Waals surface area contributed by atoms with E-state index in [1.54, 1.807) is 0 Å². The SMILES string of the molecule is c1ccc2c(c1)-c1ccccc1C21c2ccccc2-c2c(N(c3ccc(-c4cccc5c4sc4ccccc45)cc3)c3cccc4ccc5ccccc5c34)cccc21. The van der Waals surface area contributed by atoms with Crippen molar-refractivity contribution in [1.29, 1.82) is 0 Å². The molecular formula is C57H35NS. The Labute approximate surface area is 346 Å². The molecule has 1 spiro atoms. The maximum Gasteiger partial charge on any atom is 0.0726 e. The van der Waals surface area contributed by atoms with Gasteiger partial charge >= 0.3 is 0 Å². The van der Waals surface area contributed by atoms with E-state index in [9.17, 15) is 0 Å². The lowest BCUT2D eigenvalue weighted by Gasteiger charge is -2.32. The minimum atomic E-state index is -0.432. The summed E-state index contributed by atoms with van der Waals surface area (Å²) in [7, 11) is 0. The highest BCUT2D eigenvalue weighted by Gasteiger charge is 2.52. The van der Waals surface area contributed by atoms with E-state index in [-0.39, 0.29) is 0 Å². The summed E-state index contributed by atoms with van der Waals surface area (Å²) in [5.74, 6) is 0. The second-order valence-electron chi connectivity index (χ2n) is 15.9. The largest absolute Gasteiger partial charge is 0.309 e. The zero-order valence-corrected chi connectivity index (χ0v) is 32.9. The highest BCUT2D eigenvalue weighted by Crippen LogP contribution is 2.64. The molecule has 0 bridgehead atoms. The molecule has 0 atom stereocenters. The number of hydrogen-bond acceptors (Lipinski definition) is 2. The number of fused-ring (bicyclic) bond motifs is 16. The van der Waals surface area contributed by atoms with Gasteiger partial charge in [0, 0.05) is 36.8 Å². The summed E-state index contributed by atoms with van der Waals surface area (Å²) < 4.78 is 2.66. The third-order valence-corrected chi connectivity index (χ3v) is 14.3. The molecule has 0 aliphatic heterocycles. The smallest absolute Gasteiger partial charge is 0.0726 e. The van der Waals surface area contributed by atoms with Gasteiger partial charge in [0.25, 0.3) is 0 Å². The lowest BCUT2D eigenvalue weighted by Crippen LogP contribution is -2.26. The molecule has 1 nitrogen and oxygen atoms in total. The van der Waals surface area contributed by atoms with E-state index in [0.717, 1.165) is 11.4 Å². The number of hydrogen-bond donors (Lipinski definition) is 0. The van der Waals surface area contributed by atoms with Crippen molar-refractivity contribution in [3.8, 4) is 33.4 Å². The van der Waals surface area contributed by atoms with Crippen LogP contribution >= 0.6 is 11.3 Å². The molecule has 0 unspecified atom stereocenters. The Morgan fingerprint density at radius 3 is 1.69 bits per heavy atom. The molecule has 0 saturated heterocycles. The van der Waals surface area contributed by atoms with E-state index in [1.165, 1.54) is 103 Å². The van der Waals surface area contributed by atoms with Gasteiger partial charge in [0.05, 0.1) is 16.8 Å². The maximum absolute atomic E-state index is 2.54. The van der Waals surface area contributed by atoms with Gasteiger partial charge in [0.1, 0.15) is 0 Å². The van der Waals surface area contributed by atoms with Crippen molar-refractivity contribution in [2.45, 2.75) is 5.41 Å². The van der Waals surface area contributed by atoms with Crippen LogP contribution in [0.2, 0.25) is 0 Å². The molecule has 59 heavy (non-hydrogen) atoms. The third kappa shape index (κ3) is 4.44. The van der Waals surface area contributed by atoms with Crippen molar-refractivity contribution in [2.24, 2.45) is 0 Å². The Hall–Kier alpha value is -7.26. The minimum Gasteiger partial charge on any atom is -0.309 e. The number of anilines is 3. The van der Waals surface area contributed by atoms with Crippen molar-refractivity contribution in [3.05, 3.63) is 235 Å². The van der Waals surface area contributed by atoms with Crippen LogP contribution < -0.4 is 4.90 Å². The summed E-state index contributed by atoms with van der Waals surface area (Å²) in [4.78, 5) is 2.54. The van der Waals surface area contributed by atoms with Crippen LogP contribution in [-0.4, -0.2) is 0 Å². The fourth-order valence-electron chi connectivity index (χ4n) is 10.7. The molecule has 274 valence electrons. The van der Waals surface area contributed by atoms with E-state index in [0.29, 0.717) is 0 Å². The Bertz CT molecular complexity index is 3470. The van der Waals surface area contributed by atoms with E-state index >= 15 is 0 Å². The maximum atomic E-state index is 2.54. The van der Waals surface area contributed by atoms with Gasteiger partial charge in [0.2, 0.25) is 0 Å². The molecule has 2 aliphatic carbocycles. The first-order valence-corrected chi connectivity index (χ1v) is 21.2. The number of nitrogens with zero attached hydrogens (tertiary/aromatic N) is 1. The van der Waals surface area contributed by atoms with Gasteiger partial charge in [-0.05, 0) is 96.6 Å². The summed E-state index contributed by atoms with van der Waals surface area (Å²) >= 11 is 1.89. The predicted molar refractivity (Wildman–Crippen MR) is 251 cm³/mol. The molecule has 13 rings (SSSR count). The molecule has 2 heteroatoms. The molecule has 0 amide bonds. The normalized spacial score (nSPS) is 13.2. The van der Waals surface area contributed by atoms with Crippen LogP contribution in [0.5, 0.6) is 0 Å². The van der Waals surface area contributed by atoms with Crippen LogP contribution in [0.25, 0.3) is 75.1 Å². The molecule has 0 fully saturated rings. The Morgan fingerprint density at radius 1 is 0.356 bits per heavy atom. The topological polar surface area (TPSA) is 3.24 Å². The molecule has 10 aromatic carbocycles. The lowest BCUT2D eigenvalue weighted by molar-refractivity contribution is 0.794. The molecule has 0 radical (unpaired) electrons. The van der Waals surface area contributed by atoms with Crippen LogP contribution in [0.3, 0.4) is 0 Å². The standard InChI is InChI=1S/C57H35NS/c1-2-16-40-36(14-1)30-31-38-15-11-27-51(54(38)40)58(39-34-32-37(33-35-39)41-21-12-22-45-44-19-6-10-29-53(44)59-56(41)45)52-28-13-26-50-55(52)46-20-5-9-25-49(46)57(50)47-23-7-3-17-42(47)43-18-4-8-24-48(43)57/h1-35H. The van der Waals surface area contributed by atoms with Gasteiger partial charge in [-0.1, -0.05) is 182 Å². The average molecular weight is 766 g/mol. The first kappa shape index (κ1) is 32.8. The molecule has 11 aromatic rings. The highest BCUT2D eigenvalue weighted by molar-refractivity contribution is 7.26. The van der Waals surface area contributed by atoms with Crippen molar-refractivity contribution in [1.82, 2.24) is 0 Å². The summed E-state index contributed by atoms with van der Waals surface area (Å²) in [5, 5.41) is 7.60. The first-order chi connectivity index (χ1) is 29.3. The second-order valence-corrected chi connectivity index (χ2v) is 17.0. The number of benzene rings is 10. The van der Waals surface area contributed by atoms with Gasteiger partial charge < -0.3 is 4.90 Å². The molecular weight excluding hydrogens is 731 g/mol. The van der Waals surface area contributed by atoms with Gasteiger partial charge in [-0.25, -0.2) is 0 Å². The first-order valence-electron chi connectivity index (χ1n) is 20.4. The van der Waals surface area contributed by atoms with E-state index in [4.69, 9.17) is 0 Å². The number of rotatable bonds is 4. The third-order valence-electron chi connectivity index (χ3n) is 13.1. The molecule has 0 saturated carbocycles. The Kier molecular flexibility index (Phi) is 6.87. The van der Waals surface area contributed by atoms with Crippen LogP contribution in [0.15, 0.2) is 212 Å². The Balaban J connectivity index is 1.09. The molecule has 2 aliphatic rings. The zero-order chi connectivity index (χ0) is 38.7. The average Bonchev–Trinajstić information content (AvgIpc) is 3.94.